The van der Waals surface area contributed by atoms with Crippen LogP contribution in [0.15, 0.2) is 60.9 Å². The molecule has 0 aliphatic rings. The van der Waals surface area contributed by atoms with Crippen LogP contribution in [0.2, 0.25) is 0 Å². The Hall–Kier alpha value is -5.06. The molecule has 2 N–H and O–H groups in total. The molecule has 2 heterocycles. The zero-order valence-electron chi connectivity index (χ0n) is 21.6. The van der Waals surface area contributed by atoms with Gasteiger partial charge in [-0.25, -0.2) is 19.5 Å². The largest absolute Gasteiger partial charge is 0.497 e. The van der Waals surface area contributed by atoms with Crippen molar-refractivity contribution < 1.29 is 18.9 Å². The Balaban J connectivity index is 1.54. The Kier molecular flexibility index (Phi) is 6.81. The minimum absolute atomic E-state index is 0.327. The summed E-state index contributed by atoms with van der Waals surface area (Å²) in [5.74, 6) is 3.55. The number of aromatic nitrogens is 5. The first-order chi connectivity index (χ1) is 18.5. The molecule has 2 aromatic heterocycles. The fraction of sp³-hybridized carbons (Fsp3) is 0.185. The second-order valence-electron chi connectivity index (χ2n) is 8.21. The predicted octanol–water partition coefficient (Wildman–Crippen LogP) is 5.04. The highest BCUT2D eigenvalue weighted by Gasteiger charge is 2.18. The van der Waals surface area contributed by atoms with E-state index in [0.717, 1.165) is 28.0 Å². The molecule has 0 radical (unpaired) electrons. The van der Waals surface area contributed by atoms with Crippen LogP contribution in [0.3, 0.4) is 0 Å². The molecule has 0 bridgehead atoms. The Bertz CT molecular complexity index is 1580. The maximum Gasteiger partial charge on any atom is 0.241 e. The van der Waals surface area contributed by atoms with E-state index in [1.54, 1.807) is 40.6 Å². The molecule has 11 nitrogen and oxygen atoms in total. The van der Waals surface area contributed by atoms with E-state index in [9.17, 15) is 0 Å². The Morgan fingerprint density at radius 3 is 2.21 bits per heavy atom. The SMILES string of the molecule is COc1ccc(Nc2nc3ccccc3n2-c2ncnc(Nc3cc(OC)c(OC)c(OC)c3)n2)c(C)c1. The van der Waals surface area contributed by atoms with Gasteiger partial charge in [0.25, 0.3) is 0 Å². The molecule has 3 aromatic carbocycles. The molecular weight excluding hydrogens is 486 g/mol. The van der Waals surface area contributed by atoms with Gasteiger partial charge in [-0.2, -0.15) is 4.98 Å². The summed E-state index contributed by atoms with van der Waals surface area (Å²) in [5, 5.41) is 6.62. The first kappa shape index (κ1) is 24.6. The monoisotopic (exact) mass is 513 g/mol. The first-order valence-corrected chi connectivity index (χ1v) is 11.7. The summed E-state index contributed by atoms with van der Waals surface area (Å²) in [4.78, 5) is 18.2. The normalized spacial score (nSPS) is 10.8. The van der Waals surface area contributed by atoms with Crippen LogP contribution in [0.5, 0.6) is 23.0 Å². The van der Waals surface area contributed by atoms with Crippen LogP contribution in [0, 0.1) is 6.92 Å². The predicted molar refractivity (Wildman–Crippen MR) is 145 cm³/mol. The number of rotatable bonds is 9. The lowest BCUT2D eigenvalue weighted by atomic mass is 10.2. The van der Waals surface area contributed by atoms with Gasteiger partial charge in [0.15, 0.2) is 11.5 Å². The minimum Gasteiger partial charge on any atom is -0.497 e. The van der Waals surface area contributed by atoms with Crippen molar-refractivity contribution in [2.24, 2.45) is 0 Å². The molecule has 38 heavy (non-hydrogen) atoms. The van der Waals surface area contributed by atoms with Gasteiger partial charge in [-0.1, -0.05) is 12.1 Å². The summed E-state index contributed by atoms with van der Waals surface area (Å²) >= 11 is 0. The summed E-state index contributed by atoms with van der Waals surface area (Å²) in [6, 6.07) is 17.1. The van der Waals surface area contributed by atoms with Gasteiger partial charge in [-0.05, 0) is 42.8 Å². The van der Waals surface area contributed by atoms with Gasteiger partial charge in [0.05, 0.1) is 39.5 Å². The molecule has 0 unspecified atom stereocenters. The van der Waals surface area contributed by atoms with Crippen molar-refractivity contribution >= 4 is 34.3 Å². The standard InChI is InChI=1S/C27H27N7O4/c1-16-12-18(35-2)10-11-19(16)31-27-32-20-8-6-7-9-21(20)34(27)26-29-15-28-25(33-26)30-17-13-22(36-3)24(38-5)23(14-17)37-4/h6-15H,1-5H3,(H,31,32)(H,28,29,30,33). The van der Waals surface area contributed by atoms with Gasteiger partial charge in [0, 0.05) is 23.5 Å². The molecule has 0 atom stereocenters. The van der Waals surface area contributed by atoms with E-state index in [0.29, 0.717) is 40.8 Å². The first-order valence-electron chi connectivity index (χ1n) is 11.7. The lowest BCUT2D eigenvalue weighted by molar-refractivity contribution is 0.324. The lowest BCUT2D eigenvalue weighted by Crippen LogP contribution is -2.09. The molecule has 194 valence electrons. The zero-order chi connectivity index (χ0) is 26.6. The quantitative estimate of drug-likeness (QED) is 0.277. The molecule has 0 saturated carbocycles. The average molecular weight is 514 g/mol. The third kappa shape index (κ3) is 4.69. The van der Waals surface area contributed by atoms with Crippen LogP contribution in [-0.2, 0) is 0 Å². The fourth-order valence-electron chi connectivity index (χ4n) is 4.07. The minimum atomic E-state index is 0.327. The zero-order valence-corrected chi connectivity index (χ0v) is 21.6. The number of hydrogen-bond acceptors (Lipinski definition) is 10. The van der Waals surface area contributed by atoms with Crippen molar-refractivity contribution in [3.63, 3.8) is 0 Å². The van der Waals surface area contributed by atoms with Crippen LogP contribution >= 0.6 is 0 Å². The number of benzene rings is 3. The number of methoxy groups -OCH3 is 4. The average Bonchev–Trinajstić information content (AvgIpc) is 3.31. The number of nitrogens with one attached hydrogen (secondary N) is 2. The fourth-order valence-corrected chi connectivity index (χ4v) is 4.07. The second-order valence-corrected chi connectivity index (χ2v) is 8.21. The van der Waals surface area contributed by atoms with E-state index >= 15 is 0 Å². The van der Waals surface area contributed by atoms with Crippen LogP contribution in [0.4, 0.5) is 23.3 Å². The van der Waals surface area contributed by atoms with E-state index in [1.165, 1.54) is 6.33 Å². The van der Waals surface area contributed by atoms with Gasteiger partial charge in [0.1, 0.15) is 12.1 Å². The molecule has 11 heteroatoms. The van der Waals surface area contributed by atoms with Gasteiger partial charge in [-0.15, -0.1) is 0 Å². The Morgan fingerprint density at radius 2 is 1.53 bits per heavy atom. The number of nitrogens with zero attached hydrogens (tertiary/aromatic N) is 5. The number of aryl methyl sites for hydroxylation is 1. The van der Waals surface area contributed by atoms with E-state index < -0.39 is 0 Å². The maximum atomic E-state index is 5.46. The van der Waals surface area contributed by atoms with Crippen LogP contribution < -0.4 is 29.6 Å². The lowest BCUT2D eigenvalue weighted by Gasteiger charge is -2.15. The molecule has 0 spiro atoms. The topological polar surface area (TPSA) is 117 Å². The van der Waals surface area contributed by atoms with Gasteiger partial charge >= 0.3 is 0 Å². The molecular formula is C27H27N7O4. The number of para-hydroxylation sites is 2. The third-order valence-electron chi connectivity index (χ3n) is 5.92. The van der Waals surface area contributed by atoms with E-state index in [1.807, 2.05) is 54.0 Å². The maximum absolute atomic E-state index is 5.46. The summed E-state index contributed by atoms with van der Waals surface area (Å²) in [6.07, 6.45) is 1.44. The summed E-state index contributed by atoms with van der Waals surface area (Å²) < 4.78 is 23.5. The Morgan fingerprint density at radius 1 is 0.763 bits per heavy atom. The van der Waals surface area contributed by atoms with Crippen LogP contribution in [-0.4, -0.2) is 52.9 Å². The van der Waals surface area contributed by atoms with E-state index in [-0.39, 0.29) is 0 Å². The van der Waals surface area contributed by atoms with Crippen LogP contribution in [0.25, 0.3) is 17.0 Å². The third-order valence-corrected chi connectivity index (χ3v) is 5.92. The number of imidazole rings is 1. The van der Waals surface area contributed by atoms with Gasteiger partial charge < -0.3 is 29.6 Å². The molecule has 0 fully saturated rings. The van der Waals surface area contributed by atoms with Gasteiger partial charge in [-0.3, -0.25) is 0 Å². The highest BCUT2D eigenvalue weighted by Crippen LogP contribution is 2.40. The number of fused-ring (bicyclic) bond motifs is 1. The molecule has 5 aromatic rings. The molecule has 0 aliphatic heterocycles. The van der Waals surface area contributed by atoms with E-state index in [2.05, 4.69) is 25.6 Å². The van der Waals surface area contributed by atoms with E-state index in [4.69, 9.17) is 23.9 Å². The van der Waals surface area contributed by atoms with Crippen molar-refractivity contribution in [2.75, 3.05) is 39.1 Å². The summed E-state index contributed by atoms with van der Waals surface area (Å²) in [7, 11) is 6.32. The molecule has 0 saturated heterocycles. The van der Waals surface area contributed by atoms with Gasteiger partial charge in [0.2, 0.25) is 23.6 Å². The summed E-state index contributed by atoms with van der Waals surface area (Å²) in [5.41, 5.74) is 4.17. The molecule has 0 aliphatic carbocycles. The number of anilines is 4. The smallest absolute Gasteiger partial charge is 0.241 e. The van der Waals surface area contributed by atoms with Crippen LogP contribution in [0.1, 0.15) is 5.56 Å². The second kappa shape index (κ2) is 10.5. The molecule has 0 amide bonds. The number of hydrogen-bond donors (Lipinski definition) is 2. The summed E-state index contributed by atoms with van der Waals surface area (Å²) in [6.45, 7) is 2.00. The molecule has 5 rings (SSSR count). The van der Waals surface area contributed by atoms with Crippen molar-refractivity contribution in [3.8, 4) is 28.9 Å². The number of ether oxygens (including phenoxy) is 4. The van der Waals surface area contributed by atoms with Crippen molar-refractivity contribution in [1.82, 2.24) is 24.5 Å². The highest BCUT2D eigenvalue weighted by molar-refractivity contribution is 5.82. The Labute approximate surface area is 219 Å². The van der Waals surface area contributed by atoms with Crippen molar-refractivity contribution in [1.29, 1.82) is 0 Å². The highest BCUT2D eigenvalue weighted by atomic mass is 16.5. The van der Waals surface area contributed by atoms with Crippen molar-refractivity contribution in [3.05, 3.63) is 66.5 Å². The van der Waals surface area contributed by atoms with Crippen molar-refractivity contribution in [2.45, 2.75) is 6.92 Å².